The van der Waals surface area contributed by atoms with Crippen LogP contribution in [-0.2, 0) is 17.5 Å². The van der Waals surface area contributed by atoms with E-state index in [1.54, 1.807) is 24.4 Å². The molecule has 0 saturated carbocycles. The van der Waals surface area contributed by atoms with Crippen LogP contribution in [0.2, 0.25) is 0 Å². The zero-order chi connectivity index (χ0) is 20.7. The van der Waals surface area contributed by atoms with Crippen molar-refractivity contribution < 1.29 is 22.4 Å². The van der Waals surface area contributed by atoms with Crippen LogP contribution < -0.4 is 5.32 Å². The first-order chi connectivity index (χ1) is 13.9. The van der Waals surface area contributed by atoms with E-state index in [0.29, 0.717) is 18.7 Å². The standard InChI is InChI=1S/C19H17F3N4O2S/c20-19(21,22)16-11-14(15-6-3-9-28-15)25-18(26-16)29-10-4-7-17(27)24-12-13-5-1-2-8-23-13/h1-3,5-6,8-9,11H,4,7,10,12H2,(H,24,27). The third kappa shape index (κ3) is 6.31. The number of thioether (sulfide) groups is 1. The van der Waals surface area contributed by atoms with Gasteiger partial charge in [-0.3, -0.25) is 9.78 Å². The van der Waals surface area contributed by atoms with E-state index in [9.17, 15) is 18.0 Å². The monoisotopic (exact) mass is 422 g/mol. The molecule has 0 spiro atoms. The van der Waals surface area contributed by atoms with Crippen LogP contribution in [0.4, 0.5) is 13.2 Å². The minimum absolute atomic E-state index is 0.0138. The van der Waals surface area contributed by atoms with Crippen LogP contribution in [0.3, 0.4) is 0 Å². The van der Waals surface area contributed by atoms with Gasteiger partial charge in [-0.25, -0.2) is 9.97 Å². The van der Waals surface area contributed by atoms with Gasteiger partial charge in [0.25, 0.3) is 0 Å². The smallest absolute Gasteiger partial charge is 0.433 e. The molecule has 0 saturated heterocycles. The molecule has 0 bridgehead atoms. The third-order valence-electron chi connectivity index (χ3n) is 3.74. The van der Waals surface area contributed by atoms with Crippen molar-refractivity contribution in [2.45, 2.75) is 30.7 Å². The first kappa shape index (κ1) is 20.8. The predicted molar refractivity (Wildman–Crippen MR) is 101 cm³/mol. The van der Waals surface area contributed by atoms with Gasteiger partial charge in [0.1, 0.15) is 11.4 Å². The lowest BCUT2D eigenvalue weighted by molar-refractivity contribution is -0.141. The van der Waals surface area contributed by atoms with Crippen molar-refractivity contribution in [3.05, 3.63) is 60.2 Å². The number of rotatable bonds is 8. The normalized spacial score (nSPS) is 11.4. The third-order valence-corrected chi connectivity index (χ3v) is 4.68. The molecule has 6 nitrogen and oxygen atoms in total. The molecule has 3 aromatic rings. The molecule has 0 aromatic carbocycles. The number of pyridine rings is 1. The fraction of sp³-hybridized carbons (Fsp3) is 0.263. The number of hydrogen-bond acceptors (Lipinski definition) is 6. The molecule has 0 unspecified atom stereocenters. The SMILES string of the molecule is O=C(CCCSc1nc(-c2ccco2)cc(C(F)(F)F)n1)NCc1ccccn1. The Balaban J connectivity index is 1.53. The van der Waals surface area contributed by atoms with E-state index >= 15 is 0 Å². The van der Waals surface area contributed by atoms with Gasteiger partial charge in [0.05, 0.1) is 18.5 Å². The number of nitrogens with zero attached hydrogens (tertiary/aromatic N) is 3. The van der Waals surface area contributed by atoms with Crippen LogP contribution in [-0.4, -0.2) is 26.6 Å². The van der Waals surface area contributed by atoms with Crippen LogP contribution in [0.1, 0.15) is 24.2 Å². The van der Waals surface area contributed by atoms with Crippen LogP contribution in [0.15, 0.2) is 58.4 Å². The van der Waals surface area contributed by atoms with E-state index in [0.717, 1.165) is 23.5 Å². The topological polar surface area (TPSA) is 80.9 Å². The number of hydrogen-bond donors (Lipinski definition) is 1. The summed E-state index contributed by atoms with van der Waals surface area (Å²) in [5, 5.41) is 2.74. The summed E-state index contributed by atoms with van der Waals surface area (Å²) in [5.41, 5.74) is -0.222. The summed E-state index contributed by atoms with van der Waals surface area (Å²) < 4.78 is 44.5. The van der Waals surface area contributed by atoms with Gasteiger partial charge in [-0.15, -0.1) is 0 Å². The summed E-state index contributed by atoms with van der Waals surface area (Å²) in [4.78, 5) is 23.7. The Bertz CT molecular complexity index is 934. The van der Waals surface area contributed by atoms with E-state index in [2.05, 4.69) is 20.3 Å². The largest absolute Gasteiger partial charge is 0.463 e. The maximum atomic E-state index is 13.1. The summed E-state index contributed by atoms with van der Waals surface area (Å²) in [6.45, 7) is 0.329. The summed E-state index contributed by atoms with van der Waals surface area (Å²) in [6, 6.07) is 9.38. The Kier molecular flexibility index (Phi) is 6.86. The lowest BCUT2D eigenvalue weighted by atomic mass is 10.2. The lowest BCUT2D eigenvalue weighted by Crippen LogP contribution is -2.23. The Morgan fingerprint density at radius 1 is 1.17 bits per heavy atom. The van der Waals surface area contributed by atoms with Gasteiger partial charge in [-0.05, 0) is 36.8 Å². The molecule has 29 heavy (non-hydrogen) atoms. The highest BCUT2D eigenvalue weighted by Gasteiger charge is 2.34. The first-order valence-electron chi connectivity index (χ1n) is 8.71. The summed E-state index contributed by atoms with van der Waals surface area (Å²) in [7, 11) is 0. The van der Waals surface area contributed by atoms with Crippen molar-refractivity contribution in [1.82, 2.24) is 20.3 Å². The van der Waals surface area contributed by atoms with Gasteiger partial charge in [0, 0.05) is 18.4 Å². The second kappa shape index (κ2) is 9.55. The van der Waals surface area contributed by atoms with Crippen molar-refractivity contribution in [1.29, 1.82) is 0 Å². The number of carbonyl (C=O) groups excluding carboxylic acids is 1. The van der Waals surface area contributed by atoms with Gasteiger partial charge in [-0.1, -0.05) is 17.8 Å². The zero-order valence-corrected chi connectivity index (χ0v) is 16.0. The number of aromatic nitrogens is 3. The quantitative estimate of drug-likeness (QED) is 0.330. The highest BCUT2D eigenvalue weighted by molar-refractivity contribution is 7.99. The molecular formula is C19H17F3N4O2S. The average Bonchev–Trinajstić information content (AvgIpc) is 3.24. The fourth-order valence-corrected chi connectivity index (χ4v) is 3.16. The summed E-state index contributed by atoms with van der Waals surface area (Å²) in [6.07, 6.45) is -0.880. The molecule has 0 aliphatic heterocycles. The number of carbonyl (C=O) groups is 1. The second-order valence-electron chi connectivity index (χ2n) is 5.95. The molecule has 1 amide bonds. The Hall–Kier alpha value is -2.88. The molecule has 152 valence electrons. The molecule has 0 aliphatic carbocycles. The van der Waals surface area contributed by atoms with Crippen molar-refractivity contribution in [2.75, 3.05) is 5.75 Å². The van der Waals surface area contributed by atoms with Crippen LogP contribution in [0.5, 0.6) is 0 Å². The van der Waals surface area contributed by atoms with Crippen molar-refractivity contribution in [2.24, 2.45) is 0 Å². The first-order valence-corrected chi connectivity index (χ1v) is 9.70. The molecule has 0 radical (unpaired) electrons. The molecule has 0 aliphatic rings. The minimum Gasteiger partial charge on any atom is -0.463 e. The van der Waals surface area contributed by atoms with Crippen LogP contribution in [0.25, 0.3) is 11.5 Å². The minimum atomic E-state index is -4.59. The molecule has 3 rings (SSSR count). The molecule has 1 N–H and O–H groups in total. The average molecular weight is 422 g/mol. The van der Waals surface area contributed by atoms with Gasteiger partial charge >= 0.3 is 6.18 Å². The van der Waals surface area contributed by atoms with E-state index in [4.69, 9.17) is 4.42 Å². The lowest BCUT2D eigenvalue weighted by Gasteiger charge is -2.09. The number of amides is 1. The molecule has 10 heteroatoms. The number of nitrogens with one attached hydrogen (secondary N) is 1. The predicted octanol–water partition coefficient (Wildman–Crippen LogP) is 4.34. The molecule has 0 fully saturated rings. The highest BCUT2D eigenvalue weighted by atomic mass is 32.2. The van der Waals surface area contributed by atoms with Gasteiger partial charge in [-0.2, -0.15) is 13.2 Å². The summed E-state index contributed by atoms with van der Waals surface area (Å²) in [5.74, 6) is 0.474. The molecule has 3 heterocycles. The zero-order valence-electron chi connectivity index (χ0n) is 15.1. The van der Waals surface area contributed by atoms with Crippen LogP contribution >= 0.6 is 11.8 Å². The maximum Gasteiger partial charge on any atom is 0.433 e. The Labute approximate surface area is 169 Å². The van der Waals surface area contributed by atoms with E-state index in [1.807, 2.05) is 6.07 Å². The molecular weight excluding hydrogens is 405 g/mol. The number of halogens is 3. The van der Waals surface area contributed by atoms with Gasteiger partial charge in [0.2, 0.25) is 5.91 Å². The van der Waals surface area contributed by atoms with E-state index in [1.165, 1.54) is 12.3 Å². The highest BCUT2D eigenvalue weighted by Crippen LogP contribution is 2.32. The number of furan rings is 1. The molecule has 3 aromatic heterocycles. The fourth-order valence-electron chi connectivity index (χ4n) is 2.36. The maximum absolute atomic E-state index is 13.1. The van der Waals surface area contributed by atoms with E-state index < -0.39 is 11.9 Å². The molecule has 0 atom stereocenters. The Morgan fingerprint density at radius 2 is 2.03 bits per heavy atom. The van der Waals surface area contributed by atoms with Crippen molar-refractivity contribution >= 4 is 17.7 Å². The van der Waals surface area contributed by atoms with Crippen molar-refractivity contribution in [3.8, 4) is 11.5 Å². The van der Waals surface area contributed by atoms with Gasteiger partial charge < -0.3 is 9.73 Å². The van der Waals surface area contributed by atoms with Crippen molar-refractivity contribution in [3.63, 3.8) is 0 Å². The number of alkyl halides is 3. The second-order valence-corrected chi connectivity index (χ2v) is 7.01. The van der Waals surface area contributed by atoms with E-state index in [-0.39, 0.29) is 28.9 Å². The van der Waals surface area contributed by atoms with Crippen LogP contribution in [0, 0.1) is 0 Å². The summed E-state index contributed by atoms with van der Waals surface area (Å²) >= 11 is 1.06. The Morgan fingerprint density at radius 3 is 2.72 bits per heavy atom. The van der Waals surface area contributed by atoms with Gasteiger partial charge in [0.15, 0.2) is 10.9 Å².